The number of likely N-dealkylation sites (tertiary alicyclic amines) is 1. The van der Waals surface area contributed by atoms with E-state index in [1.807, 2.05) is 11.8 Å². The molecular weight excluding hydrogens is 292 g/mol. The lowest BCUT2D eigenvalue weighted by atomic mass is 9.95. The third-order valence-corrected chi connectivity index (χ3v) is 5.23. The summed E-state index contributed by atoms with van der Waals surface area (Å²) in [7, 11) is 1.73. The third-order valence-electron chi connectivity index (χ3n) is 5.23. The number of hydrogen-bond donors (Lipinski definition) is 0. The monoisotopic (exact) mass is 318 g/mol. The van der Waals surface area contributed by atoms with Gasteiger partial charge in [0.2, 0.25) is 5.91 Å². The lowest BCUT2D eigenvalue weighted by Crippen LogP contribution is -2.45. The van der Waals surface area contributed by atoms with Crippen molar-refractivity contribution >= 4 is 5.91 Å². The molecule has 0 aliphatic carbocycles. The molecule has 3 heterocycles. The standard InChI is InChI=1S/C17H26N4O2/c1-11(2)20-7-5-6-13(8-20)16(22)21-9-14-15(10-21)18-12(3)19(4)17(14)23/h11,13H,5-10H2,1-4H3. The Bertz CT molecular complexity index is 680. The molecule has 6 heteroatoms. The van der Waals surface area contributed by atoms with Gasteiger partial charge in [0, 0.05) is 19.6 Å². The second kappa shape index (κ2) is 6.07. The maximum absolute atomic E-state index is 12.9. The van der Waals surface area contributed by atoms with Gasteiger partial charge in [-0.25, -0.2) is 4.98 Å². The summed E-state index contributed by atoms with van der Waals surface area (Å²) in [5, 5.41) is 0. The summed E-state index contributed by atoms with van der Waals surface area (Å²) in [6.07, 6.45) is 2.01. The molecule has 23 heavy (non-hydrogen) atoms. The summed E-state index contributed by atoms with van der Waals surface area (Å²) in [6, 6.07) is 0.470. The number of carbonyl (C=O) groups excluding carboxylic acids is 1. The summed E-state index contributed by atoms with van der Waals surface area (Å²) >= 11 is 0. The molecule has 0 aromatic carbocycles. The van der Waals surface area contributed by atoms with Crippen LogP contribution in [-0.4, -0.2) is 44.4 Å². The van der Waals surface area contributed by atoms with Gasteiger partial charge in [-0.2, -0.15) is 0 Å². The number of piperidine rings is 1. The van der Waals surface area contributed by atoms with Crippen molar-refractivity contribution in [3.63, 3.8) is 0 Å². The van der Waals surface area contributed by atoms with E-state index < -0.39 is 0 Å². The maximum atomic E-state index is 12.9. The number of fused-ring (bicyclic) bond motifs is 1. The quantitative estimate of drug-likeness (QED) is 0.818. The fourth-order valence-corrected chi connectivity index (χ4v) is 3.62. The molecule has 0 bridgehead atoms. The zero-order chi connectivity index (χ0) is 16.7. The molecule has 1 aromatic rings. The maximum Gasteiger partial charge on any atom is 0.258 e. The van der Waals surface area contributed by atoms with Gasteiger partial charge in [-0.3, -0.25) is 14.2 Å². The lowest BCUT2D eigenvalue weighted by molar-refractivity contribution is -0.138. The first-order chi connectivity index (χ1) is 10.9. The number of aromatic nitrogens is 2. The van der Waals surface area contributed by atoms with Crippen LogP contribution in [0, 0.1) is 12.8 Å². The van der Waals surface area contributed by atoms with Crippen LogP contribution in [0.5, 0.6) is 0 Å². The Kier molecular flexibility index (Phi) is 4.27. The first kappa shape index (κ1) is 16.2. The molecule has 2 aliphatic heterocycles. The first-order valence-corrected chi connectivity index (χ1v) is 8.46. The van der Waals surface area contributed by atoms with E-state index in [0.717, 1.165) is 31.6 Å². The number of rotatable bonds is 2. The smallest absolute Gasteiger partial charge is 0.258 e. The predicted octanol–water partition coefficient (Wildman–Crippen LogP) is 1.05. The minimum Gasteiger partial charge on any atom is -0.332 e. The van der Waals surface area contributed by atoms with Crippen molar-refractivity contribution in [1.82, 2.24) is 19.4 Å². The molecule has 0 N–H and O–H groups in total. The van der Waals surface area contributed by atoms with E-state index in [1.165, 1.54) is 0 Å². The van der Waals surface area contributed by atoms with Gasteiger partial charge in [0.05, 0.1) is 30.3 Å². The third kappa shape index (κ3) is 2.92. The van der Waals surface area contributed by atoms with Crippen molar-refractivity contribution in [2.75, 3.05) is 13.1 Å². The van der Waals surface area contributed by atoms with Crippen LogP contribution in [0.3, 0.4) is 0 Å². The van der Waals surface area contributed by atoms with Crippen LogP contribution >= 0.6 is 0 Å². The van der Waals surface area contributed by atoms with Gasteiger partial charge >= 0.3 is 0 Å². The van der Waals surface area contributed by atoms with Crippen LogP contribution in [0.4, 0.5) is 0 Å². The number of hydrogen-bond acceptors (Lipinski definition) is 4. The highest BCUT2D eigenvalue weighted by atomic mass is 16.2. The molecule has 1 aromatic heterocycles. The molecular formula is C17H26N4O2. The summed E-state index contributed by atoms with van der Waals surface area (Å²) in [5.74, 6) is 0.921. The van der Waals surface area contributed by atoms with E-state index in [-0.39, 0.29) is 17.4 Å². The lowest BCUT2D eigenvalue weighted by Gasteiger charge is -2.36. The van der Waals surface area contributed by atoms with Gasteiger partial charge in [0.25, 0.3) is 5.56 Å². The van der Waals surface area contributed by atoms with Gasteiger partial charge in [0.15, 0.2) is 0 Å². The van der Waals surface area contributed by atoms with Crippen LogP contribution in [0.1, 0.15) is 43.8 Å². The van der Waals surface area contributed by atoms with Crippen molar-refractivity contribution in [1.29, 1.82) is 0 Å². The SMILES string of the molecule is Cc1nc2c(c(=O)n1C)CN(C(=O)C1CCCN(C(C)C)C1)C2. The van der Waals surface area contributed by atoms with Gasteiger partial charge in [-0.1, -0.05) is 0 Å². The van der Waals surface area contributed by atoms with E-state index in [2.05, 4.69) is 23.7 Å². The van der Waals surface area contributed by atoms with Crippen LogP contribution in [-0.2, 0) is 24.9 Å². The fraction of sp³-hybridized carbons (Fsp3) is 0.706. The van der Waals surface area contributed by atoms with E-state index >= 15 is 0 Å². The van der Waals surface area contributed by atoms with E-state index in [1.54, 1.807) is 11.6 Å². The molecule has 1 unspecified atom stereocenters. The molecule has 126 valence electrons. The summed E-state index contributed by atoms with van der Waals surface area (Å²) in [5.41, 5.74) is 1.44. The number of carbonyl (C=O) groups is 1. The van der Waals surface area contributed by atoms with E-state index in [9.17, 15) is 9.59 Å². The highest BCUT2D eigenvalue weighted by Crippen LogP contribution is 2.25. The Morgan fingerprint density at radius 2 is 2.04 bits per heavy atom. The molecule has 1 amide bonds. The minimum atomic E-state index is -0.0183. The zero-order valence-electron chi connectivity index (χ0n) is 14.5. The number of aryl methyl sites for hydroxylation is 1. The fourth-order valence-electron chi connectivity index (χ4n) is 3.62. The topological polar surface area (TPSA) is 58.4 Å². The molecule has 6 nitrogen and oxygen atoms in total. The number of nitrogens with zero attached hydrogens (tertiary/aromatic N) is 4. The summed E-state index contributed by atoms with van der Waals surface area (Å²) < 4.78 is 1.56. The van der Waals surface area contributed by atoms with Crippen molar-refractivity contribution < 1.29 is 4.79 Å². The molecule has 3 rings (SSSR count). The van der Waals surface area contributed by atoms with Crippen LogP contribution < -0.4 is 5.56 Å². The Hall–Kier alpha value is -1.69. The summed E-state index contributed by atoms with van der Waals surface area (Å²) in [6.45, 7) is 8.96. The van der Waals surface area contributed by atoms with Crippen LogP contribution in [0.25, 0.3) is 0 Å². The molecule has 0 saturated carbocycles. The van der Waals surface area contributed by atoms with Crippen molar-refractivity contribution in [2.45, 2.75) is 52.7 Å². The minimum absolute atomic E-state index is 0.0183. The molecule has 1 saturated heterocycles. The first-order valence-electron chi connectivity index (χ1n) is 8.46. The normalized spacial score (nSPS) is 21.8. The van der Waals surface area contributed by atoms with Gasteiger partial charge < -0.3 is 9.80 Å². The van der Waals surface area contributed by atoms with E-state index in [0.29, 0.717) is 30.5 Å². The second-order valence-electron chi connectivity index (χ2n) is 7.07. The highest BCUT2D eigenvalue weighted by Gasteiger charge is 2.34. The summed E-state index contributed by atoms with van der Waals surface area (Å²) in [4.78, 5) is 33.9. The molecule has 2 aliphatic rings. The van der Waals surface area contributed by atoms with Gasteiger partial charge in [-0.05, 0) is 40.2 Å². The second-order valence-corrected chi connectivity index (χ2v) is 7.07. The Labute approximate surface area is 137 Å². The Balaban J connectivity index is 1.75. The zero-order valence-corrected chi connectivity index (χ0v) is 14.5. The van der Waals surface area contributed by atoms with Crippen LogP contribution in [0.2, 0.25) is 0 Å². The molecule has 1 fully saturated rings. The van der Waals surface area contributed by atoms with E-state index in [4.69, 9.17) is 0 Å². The van der Waals surface area contributed by atoms with Gasteiger partial charge in [-0.15, -0.1) is 0 Å². The largest absolute Gasteiger partial charge is 0.332 e. The van der Waals surface area contributed by atoms with Crippen molar-refractivity contribution in [3.05, 3.63) is 27.4 Å². The Morgan fingerprint density at radius 1 is 1.30 bits per heavy atom. The van der Waals surface area contributed by atoms with Crippen molar-refractivity contribution in [2.24, 2.45) is 13.0 Å². The van der Waals surface area contributed by atoms with Crippen molar-refractivity contribution in [3.8, 4) is 0 Å². The molecule has 1 atom stereocenters. The molecule has 0 spiro atoms. The van der Waals surface area contributed by atoms with Crippen LogP contribution in [0.15, 0.2) is 4.79 Å². The molecule has 0 radical (unpaired) electrons. The highest BCUT2D eigenvalue weighted by molar-refractivity contribution is 5.79. The Morgan fingerprint density at radius 3 is 2.74 bits per heavy atom. The average molecular weight is 318 g/mol. The number of amides is 1. The van der Waals surface area contributed by atoms with Gasteiger partial charge in [0.1, 0.15) is 5.82 Å². The average Bonchev–Trinajstić information content (AvgIpc) is 2.96. The predicted molar refractivity (Wildman–Crippen MR) is 87.9 cm³/mol.